The number of hydrogen-bond acceptors (Lipinski definition) is 5. The fraction of sp³-hybridized carbons (Fsp3) is 0.552. The number of aryl methyl sites for hydroxylation is 1. The standard InChI is InChI=1S/C29H38N2O4/c1-21-23(12-16-35-21)9-10-27(32)30-25-11-13-29(34-3)20-31(19-22-7-8-22)15-14-28(29,18-25)24-5-4-6-26(17-24)33-2/h4-6,9-10,12,16-17,22,25H,7-8,11,13-15,18-20H2,1-3H3,(H,30,32)/b10-9+/t25-,28-,29-/m0/s1. The topological polar surface area (TPSA) is 63.9 Å². The Bertz CT molecular complexity index is 1070. The van der Waals surface area contributed by atoms with E-state index in [0.717, 1.165) is 61.8 Å². The maximum absolute atomic E-state index is 12.9. The minimum atomic E-state index is -0.280. The van der Waals surface area contributed by atoms with Crippen molar-refractivity contribution in [3.05, 3.63) is 59.6 Å². The molecule has 6 nitrogen and oxygen atoms in total. The van der Waals surface area contributed by atoms with Crippen molar-refractivity contribution >= 4 is 12.0 Å². The number of likely N-dealkylation sites (tertiary alicyclic amines) is 1. The van der Waals surface area contributed by atoms with E-state index >= 15 is 0 Å². The quantitative estimate of drug-likeness (QED) is 0.557. The molecule has 1 aliphatic heterocycles. The third-order valence-electron chi connectivity index (χ3n) is 8.58. The highest BCUT2D eigenvalue weighted by Crippen LogP contribution is 2.54. The van der Waals surface area contributed by atoms with E-state index in [2.05, 4.69) is 28.4 Å². The highest BCUT2D eigenvalue weighted by Gasteiger charge is 2.59. The van der Waals surface area contributed by atoms with Crippen LogP contribution >= 0.6 is 0 Å². The van der Waals surface area contributed by atoms with E-state index in [9.17, 15) is 4.79 Å². The first-order chi connectivity index (χ1) is 17.0. The lowest BCUT2D eigenvalue weighted by atomic mass is 9.55. The Kier molecular flexibility index (Phi) is 6.78. The predicted octanol–water partition coefficient (Wildman–Crippen LogP) is 4.72. The molecule has 3 fully saturated rings. The van der Waals surface area contributed by atoms with Crippen molar-refractivity contribution in [2.45, 2.75) is 62.5 Å². The number of hydrogen-bond donors (Lipinski definition) is 1. The van der Waals surface area contributed by atoms with E-state index in [1.165, 1.54) is 24.9 Å². The summed E-state index contributed by atoms with van der Waals surface area (Å²) in [5.74, 6) is 2.47. The van der Waals surface area contributed by atoms with Gasteiger partial charge in [-0.15, -0.1) is 0 Å². The van der Waals surface area contributed by atoms with Crippen molar-refractivity contribution in [1.29, 1.82) is 0 Å². The van der Waals surface area contributed by atoms with Gasteiger partial charge in [-0.1, -0.05) is 12.1 Å². The zero-order chi connectivity index (χ0) is 24.5. The molecular formula is C29H38N2O4. The van der Waals surface area contributed by atoms with Crippen LogP contribution in [0, 0.1) is 12.8 Å². The van der Waals surface area contributed by atoms with Crippen LogP contribution in [0.15, 0.2) is 47.1 Å². The summed E-state index contributed by atoms with van der Waals surface area (Å²) in [5.41, 5.74) is 1.72. The molecule has 1 amide bonds. The lowest BCUT2D eigenvalue weighted by molar-refractivity contribution is -0.150. The molecule has 0 bridgehead atoms. The Balaban J connectivity index is 1.40. The van der Waals surface area contributed by atoms with E-state index in [-0.39, 0.29) is 23.0 Å². The summed E-state index contributed by atoms with van der Waals surface area (Å²) < 4.78 is 17.4. The number of nitrogens with zero attached hydrogens (tertiary/aromatic N) is 1. The van der Waals surface area contributed by atoms with Crippen molar-refractivity contribution < 1.29 is 18.7 Å². The predicted molar refractivity (Wildman–Crippen MR) is 136 cm³/mol. The van der Waals surface area contributed by atoms with Gasteiger partial charge in [0.15, 0.2) is 0 Å². The molecule has 2 heterocycles. The molecule has 3 aliphatic rings. The minimum Gasteiger partial charge on any atom is -0.497 e. The SMILES string of the molecule is COc1cccc([C@@]23CCN(CC4CC4)C[C@@]2(OC)CC[C@H](NC(=O)/C=C/c2ccoc2C)C3)c1. The number of ether oxygens (including phenoxy) is 2. The molecule has 2 saturated carbocycles. The van der Waals surface area contributed by atoms with E-state index in [1.54, 1.807) is 19.4 Å². The molecule has 35 heavy (non-hydrogen) atoms. The number of fused-ring (bicyclic) bond motifs is 1. The van der Waals surface area contributed by atoms with Gasteiger partial charge in [0.1, 0.15) is 11.5 Å². The first-order valence-electron chi connectivity index (χ1n) is 12.9. The zero-order valence-electron chi connectivity index (χ0n) is 21.2. The van der Waals surface area contributed by atoms with Gasteiger partial charge in [-0.05, 0) is 87.7 Å². The number of nitrogens with one attached hydrogen (secondary N) is 1. The number of methoxy groups -OCH3 is 2. The molecule has 1 aromatic carbocycles. The van der Waals surface area contributed by atoms with Gasteiger partial charge in [-0.2, -0.15) is 0 Å². The Morgan fingerprint density at radius 1 is 1.23 bits per heavy atom. The number of furan rings is 1. The molecule has 3 atom stereocenters. The third-order valence-corrected chi connectivity index (χ3v) is 8.58. The lowest BCUT2D eigenvalue weighted by Crippen LogP contribution is -2.68. The molecule has 0 radical (unpaired) electrons. The molecule has 2 aromatic rings. The van der Waals surface area contributed by atoms with Crippen molar-refractivity contribution in [3.63, 3.8) is 0 Å². The van der Waals surface area contributed by atoms with Crippen LogP contribution in [-0.4, -0.2) is 56.3 Å². The van der Waals surface area contributed by atoms with Gasteiger partial charge < -0.3 is 24.1 Å². The van der Waals surface area contributed by atoms with Crippen LogP contribution in [0.25, 0.3) is 6.08 Å². The van der Waals surface area contributed by atoms with Crippen LogP contribution in [0.3, 0.4) is 0 Å². The molecule has 0 unspecified atom stereocenters. The number of carbonyl (C=O) groups excluding carboxylic acids is 1. The Morgan fingerprint density at radius 3 is 2.80 bits per heavy atom. The van der Waals surface area contributed by atoms with E-state index < -0.39 is 0 Å². The molecule has 5 rings (SSSR count). The highest BCUT2D eigenvalue weighted by molar-refractivity contribution is 5.92. The molecule has 188 valence electrons. The summed E-state index contributed by atoms with van der Waals surface area (Å²) in [5, 5.41) is 3.29. The molecule has 0 spiro atoms. The van der Waals surface area contributed by atoms with Crippen LogP contribution in [0.2, 0.25) is 0 Å². The molecule has 6 heteroatoms. The van der Waals surface area contributed by atoms with Crippen LogP contribution in [0.5, 0.6) is 5.75 Å². The largest absolute Gasteiger partial charge is 0.497 e. The van der Waals surface area contributed by atoms with Crippen molar-refractivity contribution in [2.24, 2.45) is 5.92 Å². The summed E-state index contributed by atoms with van der Waals surface area (Å²) in [6.07, 6.45) is 11.5. The Hall–Kier alpha value is -2.57. The van der Waals surface area contributed by atoms with E-state index in [0.29, 0.717) is 0 Å². The van der Waals surface area contributed by atoms with Gasteiger partial charge in [-0.25, -0.2) is 0 Å². The molecule has 2 aliphatic carbocycles. The minimum absolute atomic E-state index is 0.0625. The number of rotatable bonds is 8. The van der Waals surface area contributed by atoms with Gasteiger partial charge >= 0.3 is 0 Å². The second kappa shape index (κ2) is 9.82. The average molecular weight is 479 g/mol. The number of piperidine rings is 1. The number of benzene rings is 1. The second-order valence-corrected chi connectivity index (χ2v) is 10.7. The molecule has 1 aromatic heterocycles. The first kappa shape index (κ1) is 24.1. The first-order valence-corrected chi connectivity index (χ1v) is 12.9. The van der Waals surface area contributed by atoms with Crippen LogP contribution in [-0.2, 0) is 14.9 Å². The van der Waals surface area contributed by atoms with Gasteiger partial charge in [0.05, 0.1) is 19.0 Å². The number of carbonyl (C=O) groups is 1. The van der Waals surface area contributed by atoms with Gasteiger partial charge in [0, 0.05) is 43.3 Å². The Morgan fingerprint density at radius 2 is 2.09 bits per heavy atom. The van der Waals surface area contributed by atoms with Crippen LogP contribution < -0.4 is 10.1 Å². The van der Waals surface area contributed by atoms with Crippen molar-refractivity contribution in [3.8, 4) is 5.75 Å². The second-order valence-electron chi connectivity index (χ2n) is 10.7. The Labute approximate surface area is 208 Å². The molecule has 1 saturated heterocycles. The summed E-state index contributed by atoms with van der Waals surface area (Å²) in [4.78, 5) is 15.5. The van der Waals surface area contributed by atoms with E-state index in [4.69, 9.17) is 13.9 Å². The van der Waals surface area contributed by atoms with Crippen molar-refractivity contribution in [2.75, 3.05) is 33.9 Å². The molecular weight excluding hydrogens is 440 g/mol. The highest BCUT2D eigenvalue weighted by atomic mass is 16.5. The summed E-state index contributed by atoms with van der Waals surface area (Å²) in [6, 6.07) is 10.4. The monoisotopic (exact) mass is 478 g/mol. The third kappa shape index (κ3) is 4.78. The fourth-order valence-electron chi connectivity index (χ4n) is 6.44. The maximum atomic E-state index is 12.9. The fourth-order valence-corrected chi connectivity index (χ4v) is 6.44. The summed E-state index contributed by atoms with van der Waals surface area (Å²) in [6.45, 7) is 5.07. The zero-order valence-corrected chi connectivity index (χ0v) is 21.2. The average Bonchev–Trinajstić information content (AvgIpc) is 3.60. The van der Waals surface area contributed by atoms with Gasteiger partial charge in [0.2, 0.25) is 5.91 Å². The maximum Gasteiger partial charge on any atom is 0.244 e. The molecule has 1 N–H and O–H groups in total. The smallest absolute Gasteiger partial charge is 0.244 e. The van der Waals surface area contributed by atoms with Crippen molar-refractivity contribution in [1.82, 2.24) is 10.2 Å². The lowest BCUT2D eigenvalue weighted by Gasteiger charge is -2.60. The van der Waals surface area contributed by atoms with Crippen LogP contribution in [0.4, 0.5) is 0 Å². The van der Waals surface area contributed by atoms with Crippen LogP contribution in [0.1, 0.15) is 55.4 Å². The van der Waals surface area contributed by atoms with Gasteiger partial charge in [-0.3, -0.25) is 4.79 Å². The summed E-state index contributed by atoms with van der Waals surface area (Å²) in [7, 11) is 3.60. The summed E-state index contributed by atoms with van der Waals surface area (Å²) >= 11 is 0. The normalized spacial score (nSPS) is 29.2. The van der Waals surface area contributed by atoms with Gasteiger partial charge in [0.25, 0.3) is 0 Å². The number of amides is 1. The van der Waals surface area contributed by atoms with E-state index in [1.807, 2.05) is 32.2 Å².